The lowest BCUT2D eigenvalue weighted by Gasteiger charge is -2.31. The van der Waals surface area contributed by atoms with Gasteiger partial charge < -0.3 is 0 Å². The second-order valence-corrected chi connectivity index (χ2v) is 4.88. The average Bonchev–Trinajstić information content (AvgIpc) is 2.17. The molecule has 0 heterocycles. The van der Waals surface area contributed by atoms with E-state index in [0.29, 0.717) is 11.3 Å². The first kappa shape index (κ1) is 13.5. The van der Waals surface area contributed by atoms with E-state index in [4.69, 9.17) is 0 Å². The van der Waals surface area contributed by atoms with E-state index in [2.05, 4.69) is 47.3 Å². The van der Waals surface area contributed by atoms with Gasteiger partial charge in [0, 0.05) is 0 Å². The standard InChI is InChI=1S/C14H26/c1-7-9-10-11-12(3)13(4)14(5,6)8-2/h7,11,13H,1,8-10H2,2-6H3. The van der Waals surface area contributed by atoms with Crippen molar-refractivity contribution >= 4 is 0 Å². The maximum atomic E-state index is 3.74. The van der Waals surface area contributed by atoms with Crippen molar-refractivity contribution in [2.45, 2.75) is 53.9 Å². The topological polar surface area (TPSA) is 0 Å². The zero-order valence-electron chi connectivity index (χ0n) is 10.6. The highest BCUT2D eigenvalue weighted by Crippen LogP contribution is 2.34. The molecule has 1 atom stereocenters. The van der Waals surface area contributed by atoms with Crippen LogP contribution in [0.1, 0.15) is 53.9 Å². The van der Waals surface area contributed by atoms with Gasteiger partial charge in [0.1, 0.15) is 0 Å². The van der Waals surface area contributed by atoms with E-state index in [1.807, 2.05) is 6.08 Å². The smallest absolute Gasteiger partial charge is 0.0183 e. The molecule has 0 bridgehead atoms. The van der Waals surface area contributed by atoms with Crippen molar-refractivity contribution in [3.05, 3.63) is 24.3 Å². The summed E-state index contributed by atoms with van der Waals surface area (Å²) in [6.45, 7) is 15.3. The number of unbranched alkanes of at least 4 members (excludes halogenated alkanes) is 1. The van der Waals surface area contributed by atoms with Crippen LogP contribution in [-0.2, 0) is 0 Å². The third-order valence-electron chi connectivity index (χ3n) is 3.60. The van der Waals surface area contributed by atoms with Crippen LogP contribution in [0.3, 0.4) is 0 Å². The van der Waals surface area contributed by atoms with Gasteiger partial charge in [-0.15, -0.1) is 6.58 Å². The molecule has 0 aromatic heterocycles. The molecular formula is C14H26. The van der Waals surface area contributed by atoms with E-state index in [-0.39, 0.29) is 0 Å². The fraction of sp³-hybridized carbons (Fsp3) is 0.714. The molecule has 0 aromatic carbocycles. The molecule has 0 heteroatoms. The van der Waals surface area contributed by atoms with Crippen LogP contribution < -0.4 is 0 Å². The predicted octanol–water partition coefficient (Wildman–Crippen LogP) is 4.97. The lowest BCUT2D eigenvalue weighted by molar-refractivity contribution is 0.254. The maximum absolute atomic E-state index is 3.74. The SMILES string of the molecule is C=CCCC=C(C)C(C)C(C)(C)CC. The molecule has 0 N–H and O–H groups in total. The van der Waals surface area contributed by atoms with Crippen LogP contribution >= 0.6 is 0 Å². The normalized spacial score (nSPS) is 15.4. The Labute approximate surface area is 90.1 Å². The number of hydrogen-bond donors (Lipinski definition) is 0. The molecule has 0 rings (SSSR count). The molecular weight excluding hydrogens is 168 g/mol. The van der Waals surface area contributed by atoms with Crippen LogP contribution in [0.25, 0.3) is 0 Å². The zero-order chi connectivity index (χ0) is 11.2. The van der Waals surface area contributed by atoms with Crippen LogP contribution in [0.5, 0.6) is 0 Å². The Balaban J connectivity index is 4.29. The van der Waals surface area contributed by atoms with Crippen LogP contribution in [0.15, 0.2) is 24.3 Å². The number of rotatable bonds is 6. The van der Waals surface area contributed by atoms with Gasteiger partial charge in [0.2, 0.25) is 0 Å². The largest absolute Gasteiger partial charge is 0.103 e. The monoisotopic (exact) mass is 194 g/mol. The summed E-state index contributed by atoms with van der Waals surface area (Å²) in [7, 11) is 0. The van der Waals surface area contributed by atoms with Crippen molar-refractivity contribution in [2.24, 2.45) is 11.3 Å². The first-order chi connectivity index (χ1) is 6.45. The summed E-state index contributed by atoms with van der Waals surface area (Å²) in [5.74, 6) is 0.678. The molecule has 1 unspecified atom stereocenters. The van der Waals surface area contributed by atoms with Crippen molar-refractivity contribution in [3.8, 4) is 0 Å². The third kappa shape index (κ3) is 4.13. The van der Waals surface area contributed by atoms with Crippen molar-refractivity contribution in [1.82, 2.24) is 0 Å². The highest BCUT2D eigenvalue weighted by molar-refractivity contribution is 5.06. The van der Waals surface area contributed by atoms with Crippen molar-refractivity contribution in [3.63, 3.8) is 0 Å². The number of allylic oxidation sites excluding steroid dienone is 3. The Morgan fingerprint density at radius 2 is 1.93 bits per heavy atom. The quantitative estimate of drug-likeness (QED) is 0.413. The molecule has 0 nitrogen and oxygen atoms in total. The molecule has 0 saturated carbocycles. The van der Waals surface area contributed by atoms with Crippen LogP contribution in [-0.4, -0.2) is 0 Å². The molecule has 0 amide bonds. The lowest BCUT2D eigenvalue weighted by atomic mass is 9.74. The molecule has 0 saturated heterocycles. The molecule has 0 aliphatic heterocycles. The van der Waals surface area contributed by atoms with Crippen LogP contribution in [0.2, 0.25) is 0 Å². The Kier molecular flexibility index (Phi) is 5.83. The van der Waals surface area contributed by atoms with E-state index < -0.39 is 0 Å². The summed E-state index contributed by atoms with van der Waals surface area (Å²) in [5.41, 5.74) is 1.95. The second kappa shape index (κ2) is 6.06. The highest BCUT2D eigenvalue weighted by Gasteiger charge is 2.24. The average molecular weight is 194 g/mol. The van der Waals surface area contributed by atoms with Gasteiger partial charge in [-0.1, -0.05) is 51.8 Å². The third-order valence-corrected chi connectivity index (χ3v) is 3.60. The fourth-order valence-corrected chi connectivity index (χ4v) is 1.53. The Bertz CT molecular complexity index is 196. The van der Waals surface area contributed by atoms with E-state index in [1.165, 1.54) is 12.0 Å². The number of hydrogen-bond acceptors (Lipinski definition) is 0. The summed E-state index contributed by atoms with van der Waals surface area (Å²) in [6, 6.07) is 0. The van der Waals surface area contributed by atoms with Crippen molar-refractivity contribution in [1.29, 1.82) is 0 Å². The molecule has 0 fully saturated rings. The Morgan fingerprint density at radius 1 is 1.36 bits per heavy atom. The highest BCUT2D eigenvalue weighted by atomic mass is 14.3. The predicted molar refractivity (Wildman–Crippen MR) is 66.4 cm³/mol. The first-order valence-electron chi connectivity index (χ1n) is 5.73. The van der Waals surface area contributed by atoms with E-state index in [0.717, 1.165) is 12.8 Å². The molecule has 0 aliphatic carbocycles. The minimum atomic E-state index is 0.425. The minimum Gasteiger partial charge on any atom is -0.103 e. The van der Waals surface area contributed by atoms with Gasteiger partial charge in [-0.25, -0.2) is 0 Å². The maximum Gasteiger partial charge on any atom is -0.0183 e. The fourth-order valence-electron chi connectivity index (χ4n) is 1.53. The lowest BCUT2D eigenvalue weighted by Crippen LogP contribution is -2.21. The van der Waals surface area contributed by atoms with E-state index in [9.17, 15) is 0 Å². The molecule has 82 valence electrons. The zero-order valence-corrected chi connectivity index (χ0v) is 10.6. The van der Waals surface area contributed by atoms with Gasteiger partial charge in [0.15, 0.2) is 0 Å². The van der Waals surface area contributed by atoms with Crippen molar-refractivity contribution < 1.29 is 0 Å². The molecule has 0 aromatic rings. The Morgan fingerprint density at radius 3 is 2.36 bits per heavy atom. The summed E-state index contributed by atoms with van der Waals surface area (Å²) in [4.78, 5) is 0. The Hall–Kier alpha value is -0.520. The van der Waals surface area contributed by atoms with Gasteiger partial charge in [-0.2, -0.15) is 0 Å². The van der Waals surface area contributed by atoms with Gasteiger partial charge in [0.25, 0.3) is 0 Å². The summed E-state index contributed by atoms with van der Waals surface area (Å²) in [5, 5.41) is 0. The summed E-state index contributed by atoms with van der Waals surface area (Å²) in [6.07, 6.45) is 7.82. The first-order valence-corrected chi connectivity index (χ1v) is 5.73. The van der Waals surface area contributed by atoms with Gasteiger partial charge in [-0.05, 0) is 31.1 Å². The molecule has 0 spiro atoms. The van der Waals surface area contributed by atoms with Gasteiger partial charge >= 0.3 is 0 Å². The second-order valence-electron chi connectivity index (χ2n) is 4.88. The van der Waals surface area contributed by atoms with Gasteiger partial charge in [0.05, 0.1) is 0 Å². The molecule has 14 heavy (non-hydrogen) atoms. The summed E-state index contributed by atoms with van der Waals surface area (Å²) < 4.78 is 0. The van der Waals surface area contributed by atoms with Crippen LogP contribution in [0.4, 0.5) is 0 Å². The molecule has 0 radical (unpaired) electrons. The minimum absolute atomic E-state index is 0.425. The molecule has 0 aliphatic rings. The van der Waals surface area contributed by atoms with Gasteiger partial charge in [-0.3, -0.25) is 0 Å². The van der Waals surface area contributed by atoms with Crippen molar-refractivity contribution in [2.75, 3.05) is 0 Å². The van der Waals surface area contributed by atoms with E-state index >= 15 is 0 Å². The summed E-state index contributed by atoms with van der Waals surface area (Å²) >= 11 is 0. The van der Waals surface area contributed by atoms with Crippen LogP contribution in [0, 0.1) is 11.3 Å². The van der Waals surface area contributed by atoms with E-state index in [1.54, 1.807) is 0 Å².